The molecule has 40 heavy (non-hydrogen) atoms. The topological polar surface area (TPSA) is 82.0 Å². The average molecular weight is 535 g/mol. The van der Waals surface area contributed by atoms with Crippen molar-refractivity contribution < 1.29 is 14.1 Å². The SMILES string of the molecule is CC#N.CC(=O)NNC(=O)C[N+](C)(C)C.c1ccc([B-](c2ccccc2)(c2ccccc2)c2ccccc2)cc1. The first-order valence-corrected chi connectivity index (χ1v) is 13.2. The number of hydrogen-bond acceptors (Lipinski definition) is 3. The molecule has 4 rings (SSSR count). The summed E-state index contributed by atoms with van der Waals surface area (Å²) in [5.41, 5.74) is 9.86. The highest BCUT2D eigenvalue weighted by molar-refractivity contribution is 7.19. The Hall–Kier alpha value is -4.67. The summed E-state index contributed by atoms with van der Waals surface area (Å²) in [6.07, 6.45) is -1.22. The molecule has 2 amide bonds. The zero-order valence-electron chi connectivity index (χ0n) is 24.0. The Balaban J connectivity index is 0.000000316. The maximum atomic E-state index is 11.0. The number of benzene rings is 4. The lowest BCUT2D eigenvalue weighted by Gasteiger charge is -2.44. The lowest BCUT2D eigenvalue weighted by Crippen LogP contribution is -2.74. The Kier molecular flexibility index (Phi) is 12.4. The molecule has 0 saturated carbocycles. The van der Waals surface area contributed by atoms with E-state index in [0.717, 1.165) is 0 Å². The highest BCUT2D eigenvalue weighted by atomic mass is 16.2. The van der Waals surface area contributed by atoms with Crippen LogP contribution in [0.5, 0.6) is 0 Å². The van der Waals surface area contributed by atoms with Gasteiger partial charge in [-0.3, -0.25) is 20.4 Å². The van der Waals surface area contributed by atoms with Crippen LogP contribution in [0.4, 0.5) is 0 Å². The molecule has 2 N–H and O–H groups in total. The summed E-state index contributed by atoms with van der Waals surface area (Å²) >= 11 is 0. The number of hydrazine groups is 1. The number of carbonyl (C=O) groups excluding carboxylic acids is 2. The van der Waals surface area contributed by atoms with E-state index < -0.39 is 6.15 Å². The Morgan fingerprint density at radius 2 is 0.925 bits per heavy atom. The lowest BCUT2D eigenvalue weighted by molar-refractivity contribution is -0.862. The van der Waals surface area contributed by atoms with Gasteiger partial charge in [-0.15, -0.1) is 0 Å². The standard InChI is InChI=1S/C24H20B.C7H15N3O2.C2H3N/c1-5-13-21(14-6-1)25(22-15-7-2-8-16-22,23-17-9-3-10-18-23)24-19-11-4-12-20-24;1-6(11)8-9-7(12)5-10(2,3)4;1-2-3/h1-20H;5H2,1-4H3,(H-,8,9,11,12);1H3/q-1;;/p+1. The second-order valence-electron chi connectivity index (χ2n) is 10.4. The summed E-state index contributed by atoms with van der Waals surface area (Å²) in [7, 11) is 5.69. The number of nitrogens with zero attached hydrogens (tertiary/aromatic N) is 2. The molecule has 7 heteroatoms. The van der Waals surface area contributed by atoms with Crippen LogP contribution in [-0.4, -0.2) is 50.1 Å². The van der Waals surface area contributed by atoms with Crippen LogP contribution >= 0.6 is 0 Å². The Labute approximate surface area is 238 Å². The number of nitrogens with one attached hydrogen (secondary N) is 2. The highest BCUT2D eigenvalue weighted by Gasteiger charge is 2.31. The van der Waals surface area contributed by atoms with Crippen LogP contribution < -0.4 is 32.7 Å². The molecule has 0 fully saturated rings. The molecule has 0 aliphatic carbocycles. The lowest BCUT2D eigenvalue weighted by atomic mass is 9.13. The van der Waals surface area contributed by atoms with E-state index in [0.29, 0.717) is 11.0 Å². The first kappa shape index (κ1) is 31.6. The van der Waals surface area contributed by atoms with E-state index in [1.54, 1.807) is 6.07 Å². The van der Waals surface area contributed by atoms with E-state index in [2.05, 4.69) is 132 Å². The predicted molar refractivity (Wildman–Crippen MR) is 166 cm³/mol. The van der Waals surface area contributed by atoms with Gasteiger partial charge in [0.25, 0.3) is 5.91 Å². The van der Waals surface area contributed by atoms with Crippen molar-refractivity contribution in [3.8, 4) is 6.07 Å². The molecular formula is C33H39BN4O2. The maximum absolute atomic E-state index is 11.0. The zero-order valence-corrected chi connectivity index (χ0v) is 24.0. The fourth-order valence-electron chi connectivity index (χ4n) is 4.75. The highest BCUT2D eigenvalue weighted by Crippen LogP contribution is 2.09. The Bertz CT molecular complexity index is 1190. The van der Waals surface area contributed by atoms with Crippen molar-refractivity contribution in [1.82, 2.24) is 10.9 Å². The second kappa shape index (κ2) is 15.7. The number of rotatable bonds is 6. The minimum Gasteiger partial charge on any atom is -0.323 e. The number of hydrogen-bond donors (Lipinski definition) is 2. The fourth-order valence-corrected chi connectivity index (χ4v) is 4.75. The van der Waals surface area contributed by atoms with E-state index in [1.807, 2.05) is 21.1 Å². The van der Waals surface area contributed by atoms with Crippen LogP contribution in [0.15, 0.2) is 121 Å². The molecule has 0 saturated heterocycles. The van der Waals surface area contributed by atoms with Crippen molar-refractivity contribution in [3.05, 3.63) is 121 Å². The van der Waals surface area contributed by atoms with Crippen molar-refractivity contribution in [2.24, 2.45) is 0 Å². The molecule has 4 aromatic rings. The molecule has 0 unspecified atom stereocenters. The average Bonchev–Trinajstić information content (AvgIpc) is 2.95. The molecule has 206 valence electrons. The molecule has 0 spiro atoms. The van der Waals surface area contributed by atoms with Crippen molar-refractivity contribution in [2.45, 2.75) is 13.8 Å². The normalized spacial score (nSPS) is 10.4. The zero-order chi connectivity index (χ0) is 29.4. The summed E-state index contributed by atoms with van der Waals surface area (Å²) in [6.45, 7) is 3.10. The number of amides is 2. The van der Waals surface area contributed by atoms with Crippen LogP contribution in [0.3, 0.4) is 0 Å². The summed E-state index contributed by atoms with van der Waals surface area (Å²) in [5.74, 6) is -0.470. The summed E-state index contributed by atoms with van der Waals surface area (Å²) in [4.78, 5) is 21.4. The number of quaternary nitrogens is 1. The summed E-state index contributed by atoms with van der Waals surface area (Å²) < 4.78 is 0.533. The van der Waals surface area contributed by atoms with Gasteiger partial charge in [0.05, 0.1) is 27.2 Å². The van der Waals surface area contributed by atoms with Gasteiger partial charge in [-0.2, -0.15) is 27.1 Å². The third-order valence-electron chi connectivity index (χ3n) is 6.19. The van der Waals surface area contributed by atoms with E-state index >= 15 is 0 Å². The van der Waals surface area contributed by atoms with Crippen molar-refractivity contribution >= 4 is 39.8 Å². The quantitative estimate of drug-likeness (QED) is 0.227. The molecule has 0 radical (unpaired) electrons. The number of nitriles is 1. The molecule has 6 nitrogen and oxygen atoms in total. The van der Waals surface area contributed by atoms with Crippen LogP contribution in [0.2, 0.25) is 0 Å². The maximum Gasteiger partial charge on any atom is 0.293 e. The largest absolute Gasteiger partial charge is 0.323 e. The van der Waals surface area contributed by atoms with Gasteiger partial charge in [0.2, 0.25) is 5.91 Å². The minimum absolute atomic E-state index is 0.197. The van der Waals surface area contributed by atoms with Gasteiger partial charge in [0.1, 0.15) is 6.15 Å². The van der Waals surface area contributed by atoms with E-state index in [4.69, 9.17) is 5.26 Å². The van der Waals surface area contributed by atoms with Crippen LogP contribution in [0, 0.1) is 11.3 Å². The van der Waals surface area contributed by atoms with Gasteiger partial charge < -0.3 is 4.48 Å². The molecule has 0 aliphatic heterocycles. The predicted octanol–water partition coefficient (Wildman–Crippen LogP) is 2.45. The molecule has 4 aromatic carbocycles. The van der Waals surface area contributed by atoms with Crippen LogP contribution in [-0.2, 0) is 9.59 Å². The second-order valence-corrected chi connectivity index (χ2v) is 10.4. The molecule has 0 atom stereocenters. The first-order chi connectivity index (χ1) is 19.1. The molecule has 0 bridgehead atoms. The van der Waals surface area contributed by atoms with Crippen molar-refractivity contribution in [1.29, 1.82) is 5.26 Å². The van der Waals surface area contributed by atoms with Crippen molar-refractivity contribution in [3.63, 3.8) is 0 Å². The Morgan fingerprint density at radius 3 is 1.15 bits per heavy atom. The minimum atomic E-state index is -1.22. The van der Waals surface area contributed by atoms with E-state index in [9.17, 15) is 9.59 Å². The third kappa shape index (κ3) is 9.26. The van der Waals surface area contributed by atoms with Gasteiger partial charge in [0.15, 0.2) is 6.54 Å². The van der Waals surface area contributed by atoms with Gasteiger partial charge >= 0.3 is 0 Å². The van der Waals surface area contributed by atoms with Crippen molar-refractivity contribution in [2.75, 3.05) is 27.7 Å². The van der Waals surface area contributed by atoms with Gasteiger partial charge in [-0.05, 0) is 0 Å². The molecule has 0 heterocycles. The Morgan fingerprint density at radius 1 is 0.650 bits per heavy atom. The monoisotopic (exact) mass is 534 g/mol. The third-order valence-corrected chi connectivity index (χ3v) is 6.19. The van der Waals surface area contributed by atoms with Gasteiger partial charge in [-0.1, -0.05) is 121 Å². The molecule has 0 aromatic heterocycles. The van der Waals surface area contributed by atoms with E-state index in [1.165, 1.54) is 35.7 Å². The van der Waals surface area contributed by atoms with Gasteiger partial charge in [-0.25, -0.2) is 0 Å². The van der Waals surface area contributed by atoms with Crippen LogP contribution in [0.25, 0.3) is 0 Å². The summed E-state index contributed by atoms with van der Waals surface area (Å²) in [6, 6.07) is 45.3. The fraction of sp³-hybridized carbons (Fsp3) is 0.182. The van der Waals surface area contributed by atoms with Gasteiger partial charge in [0, 0.05) is 13.8 Å². The smallest absolute Gasteiger partial charge is 0.293 e. The van der Waals surface area contributed by atoms with Crippen LogP contribution in [0.1, 0.15) is 13.8 Å². The first-order valence-electron chi connectivity index (χ1n) is 13.2. The summed E-state index contributed by atoms with van der Waals surface area (Å²) in [5, 5.41) is 7.32. The molecular weight excluding hydrogens is 495 g/mol. The number of carbonyl (C=O) groups is 2. The van der Waals surface area contributed by atoms with E-state index in [-0.39, 0.29) is 11.8 Å². The number of likely N-dealkylation sites (N-methyl/N-ethyl adjacent to an activating group) is 1. The molecule has 0 aliphatic rings.